The van der Waals surface area contributed by atoms with Crippen LogP contribution in [0.3, 0.4) is 0 Å². The maximum absolute atomic E-state index is 12.4. The minimum absolute atomic E-state index is 0.238. The molecule has 0 saturated carbocycles. The summed E-state index contributed by atoms with van der Waals surface area (Å²) < 4.78 is 0. The maximum atomic E-state index is 12.4. The van der Waals surface area contributed by atoms with E-state index >= 15 is 0 Å². The molecular formula is C30H22ClN7O2S2. The Morgan fingerprint density at radius 3 is 2.02 bits per heavy atom. The molecule has 0 saturated heterocycles. The summed E-state index contributed by atoms with van der Waals surface area (Å²) in [6, 6.07) is 25.2. The summed E-state index contributed by atoms with van der Waals surface area (Å²) in [4.78, 5) is 24.6. The lowest BCUT2D eigenvalue weighted by Crippen LogP contribution is -2.13. The summed E-state index contributed by atoms with van der Waals surface area (Å²) in [6.45, 7) is 0. The molecule has 2 amide bonds. The number of hydrogen-bond donors (Lipinski definition) is 5. The van der Waals surface area contributed by atoms with E-state index in [1.807, 2.05) is 48.5 Å². The standard InChI is InChI=1S/C15H11ClN4OS.C15H11N3OS/c16-12-6-10(3-1-8(12)7-22)18-15(21)14-11-5-9(17)2-4-13(11)19-20-14;19-15(16-11-7-5-10(9-20)6-8-11)14-12-3-1-2-4-13(12)17-18-14/h1-7H,17H2,(H,18,21)(H,19,20);1-9H,(H,16,19)(H,17,18). The monoisotopic (exact) mass is 611 g/mol. The van der Waals surface area contributed by atoms with E-state index < -0.39 is 0 Å². The van der Waals surface area contributed by atoms with Crippen LogP contribution in [-0.2, 0) is 0 Å². The Labute approximate surface area is 255 Å². The number of aromatic nitrogens is 4. The minimum Gasteiger partial charge on any atom is -0.399 e. The van der Waals surface area contributed by atoms with Crippen LogP contribution in [0, 0.1) is 0 Å². The van der Waals surface area contributed by atoms with Crippen LogP contribution in [0.5, 0.6) is 0 Å². The largest absolute Gasteiger partial charge is 0.399 e. The second-order valence-electron chi connectivity index (χ2n) is 9.00. The van der Waals surface area contributed by atoms with Gasteiger partial charge in [0, 0.05) is 44.1 Å². The number of halogens is 1. The van der Waals surface area contributed by atoms with Gasteiger partial charge in [0.2, 0.25) is 0 Å². The van der Waals surface area contributed by atoms with Gasteiger partial charge >= 0.3 is 0 Å². The lowest BCUT2D eigenvalue weighted by molar-refractivity contribution is 0.101. The fourth-order valence-electron chi connectivity index (χ4n) is 4.07. The van der Waals surface area contributed by atoms with Crippen molar-refractivity contribution in [3.8, 4) is 0 Å². The van der Waals surface area contributed by atoms with Gasteiger partial charge in [-0.25, -0.2) is 0 Å². The molecule has 208 valence electrons. The topological polar surface area (TPSA) is 142 Å². The Bertz CT molecular complexity index is 1950. The van der Waals surface area contributed by atoms with Crippen LogP contribution in [0.15, 0.2) is 84.9 Å². The molecular weight excluding hydrogens is 590 g/mol. The number of fused-ring (bicyclic) bond motifs is 2. The molecule has 0 radical (unpaired) electrons. The van der Waals surface area contributed by atoms with E-state index in [9.17, 15) is 9.59 Å². The number of H-pyrrole nitrogens is 2. The number of hydrogen-bond acceptors (Lipinski definition) is 7. The lowest BCUT2D eigenvalue weighted by Gasteiger charge is -2.05. The Morgan fingerprint density at radius 2 is 1.36 bits per heavy atom. The summed E-state index contributed by atoms with van der Waals surface area (Å²) in [5.74, 6) is -0.583. The molecule has 0 bridgehead atoms. The first-order chi connectivity index (χ1) is 20.4. The Morgan fingerprint density at radius 1 is 0.738 bits per heavy atom. The van der Waals surface area contributed by atoms with Crippen molar-refractivity contribution in [1.82, 2.24) is 20.4 Å². The van der Waals surface area contributed by atoms with Crippen molar-refractivity contribution < 1.29 is 9.59 Å². The molecule has 2 heterocycles. The average molecular weight is 612 g/mol. The number of nitrogens with zero attached hydrogens (tertiary/aromatic N) is 2. The van der Waals surface area contributed by atoms with Crippen LogP contribution in [-0.4, -0.2) is 42.9 Å². The van der Waals surface area contributed by atoms with Gasteiger partial charge in [-0.1, -0.05) is 72.4 Å². The predicted octanol–water partition coefficient (Wildman–Crippen LogP) is 6.56. The van der Waals surface area contributed by atoms with Crippen molar-refractivity contribution in [2.75, 3.05) is 16.4 Å². The van der Waals surface area contributed by atoms with Gasteiger partial charge in [0.1, 0.15) is 0 Å². The number of nitrogen functional groups attached to an aromatic ring is 1. The molecule has 6 aromatic rings. The highest BCUT2D eigenvalue weighted by Gasteiger charge is 2.15. The number of para-hydroxylation sites is 1. The number of carbonyl (C=O) groups is 2. The van der Waals surface area contributed by atoms with Gasteiger partial charge in [0.25, 0.3) is 11.8 Å². The SMILES string of the molecule is Nc1ccc2[nH]nc(C(=O)Nc3ccc(C=S)c(Cl)c3)c2c1.O=C(Nc1ccc(C=S)cc1)c1n[nH]c2ccccc12. The summed E-state index contributed by atoms with van der Waals surface area (Å²) in [5, 5.41) is 24.3. The van der Waals surface area contributed by atoms with Gasteiger partial charge in [-0.15, -0.1) is 0 Å². The number of anilines is 3. The number of nitrogens with two attached hydrogens (primary N) is 1. The van der Waals surface area contributed by atoms with Crippen molar-refractivity contribution in [1.29, 1.82) is 0 Å². The molecule has 0 fully saturated rings. The van der Waals surface area contributed by atoms with Gasteiger partial charge in [-0.05, 0) is 54.1 Å². The van der Waals surface area contributed by atoms with E-state index in [1.165, 1.54) is 5.37 Å². The molecule has 6 N–H and O–H groups in total. The van der Waals surface area contributed by atoms with Gasteiger partial charge < -0.3 is 16.4 Å². The van der Waals surface area contributed by atoms with Gasteiger partial charge in [-0.2, -0.15) is 10.2 Å². The molecule has 0 atom stereocenters. The van der Waals surface area contributed by atoms with Gasteiger partial charge in [0.05, 0.1) is 16.1 Å². The molecule has 0 aliphatic heterocycles. The van der Waals surface area contributed by atoms with E-state index in [2.05, 4.69) is 31.0 Å². The molecule has 2 aromatic heterocycles. The van der Waals surface area contributed by atoms with Gasteiger partial charge in [0.15, 0.2) is 11.4 Å². The second-order valence-corrected chi connectivity index (χ2v) is 9.88. The molecule has 0 spiro atoms. The Balaban J connectivity index is 0.000000169. The number of thiocarbonyl (C=S) groups is 2. The maximum Gasteiger partial charge on any atom is 0.276 e. The van der Waals surface area contributed by atoms with E-state index in [0.29, 0.717) is 33.2 Å². The quantitative estimate of drug-likeness (QED) is 0.106. The first-order valence-electron chi connectivity index (χ1n) is 12.5. The fraction of sp³-hybridized carbons (Fsp3) is 0. The second kappa shape index (κ2) is 12.7. The third-order valence-electron chi connectivity index (χ3n) is 6.18. The summed E-state index contributed by atoms with van der Waals surface area (Å²) in [7, 11) is 0. The highest BCUT2D eigenvalue weighted by atomic mass is 35.5. The normalized spacial score (nSPS) is 10.5. The van der Waals surface area contributed by atoms with Gasteiger partial charge in [-0.3, -0.25) is 19.8 Å². The molecule has 6 rings (SSSR count). The predicted molar refractivity (Wildman–Crippen MR) is 176 cm³/mol. The molecule has 9 nitrogen and oxygen atoms in total. The van der Waals surface area contributed by atoms with Crippen molar-refractivity contribution in [3.63, 3.8) is 0 Å². The summed E-state index contributed by atoms with van der Waals surface area (Å²) >= 11 is 15.8. The molecule has 12 heteroatoms. The number of benzene rings is 4. The van der Waals surface area contributed by atoms with Crippen LogP contribution in [0.4, 0.5) is 17.1 Å². The van der Waals surface area contributed by atoms with Crippen molar-refractivity contribution in [2.45, 2.75) is 0 Å². The highest BCUT2D eigenvalue weighted by Crippen LogP contribution is 2.23. The summed E-state index contributed by atoms with van der Waals surface area (Å²) in [6.07, 6.45) is 0. The number of nitrogens with one attached hydrogen (secondary N) is 4. The smallest absolute Gasteiger partial charge is 0.276 e. The zero-order valence-electron chi connectivity index (χ0n) is 21.7. The first kappa shape index (κ1) is 28.6. The van der Waals surface area contributed by atoms with E-state index in [0.717, 1.165) is 27.5 Å². The number of rotatable bonds is 6. The van der Waals surface area contributed by atoms with E-state index in [4.69, 9.17) is 41.8 Å². The number of carbonyl (C=O) groups excluding carboxylic acids is 2. The third kappa shape index (κ3) is 6.33. The fourth-order valence-corrected chi connectivity index (χ4v) is 4.73. The Kier molecular flexibility index (Phi) is 8.63. The molecule has 4 aromatic carbocycles. The van der Waals surface area contributed by atoms with E-state index in [1.54, 1.807) is 41.8 Å². The molecule has 42 heavy (non-hydrogen) atoms. The van der Waals surface area contributed by atoms with Crippen LogP contribution in [0.25, 0.3) is 21.8 Å². The van der Waals surface area contributed by atoms with Crippen LogP contribution in [0.2, 0.25) is 5.02 Å². The van der Waals surface area contributed by atoms with Crippen molar-refractivity contribution in [3.05, 3.63) is 112 Å². The Hall–Kier alpha value is -4.97. The molecule has 0 aliphatic rings. The molecule has 0 aliphatic carbocycles. The first-order valence-corrected chi connectivity index (χ1v) is 13.8. The number of aromatic amines is 2. The minimum atomic E-state index is -0.344. The number of amides is 2. The van der Waals surface area contributed by atoms with Crippen LogP contribution in [0.1, 0.15) is 32.1 Å². The molecule has 0 unspecified atom stereocenters. The van der Waals surface area contributed by atoms with E-state index in [-0.39, 0.29) is 17.5 Å². The summed E-state index contributed by atoms with van der Waals surface area (Å²) in [5.41, 5.74) is 11.5. The third-order valence-corrected chi connectivity index (χ3v) is 7.03. The van der Waals surface area contributed by atoms with Crippen LogP contribution < -0.4 is 16.4 Å². The average Bonchev–Trinajstić information content (AvgIpc) is 3.62. The highest BCUT2D eigenvalue weighted by molar-refractivity contribution is 7.79. The zero-order chi connectivity index (χ0) is 29.6. The van der Waals surface area contributed by atoms with Crippen molar-refractivity contribution >= 4 is 97.5 Å². The zero-order valence-corrected chi connectivity index (χ0v) is 24.1. The van der Waals surface area contributed by atoms with Crippen LogP contribution >= 0.6 is 36.0 Å². The lowest BCUT2D eigenvalue weighted by atomic mass is 10.1. The van der Waals surface area contributed by atoms with Crippen molar-refractivity contribution in [2.24, 2.45) is 0 Å².